The maximum atomic E-state index is 12.9. The molecule has 0 aliphatic carbocycles. The van der Waals surface area contributed by atoms with Gasteiger partial charge < -0.3 is 14.4 Å². The lowest BCUT2D eigenvalue weighted by Gasteiger charge is -2.31. The molecule has 158 valence electrons. The fourth-order valence-corrected chi connectivity index (χ4v) is 4.52. The molecule has 0 aromatic heterocycles. The van der Waals surface area contributed by atoms with Crippen LogP contribution in [0.1, 0.15) is 22.8 Å². The van der Waals surface area contributed by atoms with Crippen molar-refractivity contribution >= 4 is 16.0 Å². The second-order valence-electron chi connectivity index (χ2n) is 6.83. The number of hydrogen-bond donors (Lipinski definition) is 0. The molecule has 1 heterocycles. The monoisotopic (exact) mass is 429 g/mol. The first-order valence-electron chi connectivity index (χ1n) is 9.53. The molecule has 2 aromatic rings. The minimum absolute atomic E-state index is 0.0476. The minimum atomic E-state index is -3.70. The molecule has 0 unspecified atom stereocenters. The summed E-state index contributed by atoms with van der Waals surface area (Å²) < 4.78 is 38.2. The molecule has 0 N–H and O–H groups in total. The predicted molar refractivity (Wildman–Crippen MR) is 110 cm³/mol. The first kappa shape index (κ1) is 21.8. The first-order chi connectivity index (χ1) is 14.3. The van der Waals surface area contributed by atoms with Gasteiger partial charge in [-0.25, -0.2) is 13.2 Å². The summed E-state index contributed by atoms with van der Waals surface area (Å²) in [6.45, 7) is 4.21. The summed E-state index contributed by atoms with van der Waals surface area (Å²) in [5.74, 6) is -0.282. The van der Waals surface area contributed by atoms with E-state index in [1.165, 1.54) is 46.8 Å². The predicted octanol–water partition coefficient (Wildman–Crippen LogP) is 2.11. The molecular formula is C21H23N3O5S. The molecule has 9 heteroatoms. The summed E-state index contributed by atoms with van der Waals surface area (Å²) in [5, 5.41) is 9.03. The van der Waals surface area contributed by atoms with Crippen molar-refractivity contribution in [2.75, 3.05) is 39.8 Å². The zero-order valence-electron chi connectivity index (χ0n) is 16.9. The van der Waals surface area contributed by atoms with Gasteiger partial charge in [0.2, 0.25) is 10.0 Å². The van der Waals surface area contributed by atoms with Gasteiger partial charge in [0, 0.05) is 32.2 Å². The van der Waals surface area contributed by atoms with Crippen LogP contribution in [0.25, 0.3) is 0 Å². The second kappa shape index (κ2) is 9.26. The van der Waals surface area contributed by atoms with Gasteiger partial charge in [0.05, 0.1) is 28.7 Å². The van der Waals surface area contributed by atoms with Crippen LogP contribution in [0, 0.1) is 11.3 Å². The highest BCUT2D eigenvalue weighted by Gasteiger charge is 2.28. The molecule has 1 aliphatic heterocycles. The normalized spacial score (nSPS) is 15.4. The highest BCUT2D eigenvalue weighted by atomic mass is 32.2. The van der Waals surface area contributed by atoms with Gasteiger partial charge in [0.15, 0.2) is 11.5 Å². The lowest BCUT2D eigenvalue weighted by molar-refractivity contribution is 0.0728. The number of ether oxygens (including phenoxy) is 2. The van der Waals surface area contributed by atoms with Crippen LogP contribution in [-0.2, 0) is 10.0 Å². The Bertz CT molecular complexity index is 1070. The van der Waals surface area contributed by atoms with Crippen LogP contribution in [0.2, 0.25) is 0 Å². The van der Waals surface area contributed by atoms with Crippen molar-refractivity contribution in [3.05, 3.63) is 53.6 Å². The van der Waals surface area contributed by atoms with E-state index in [1.807, 2.05) is 13.1 Å². The number of rotatable bonds is 6. The number of carbonyl (C=O) groups is 1. The van der Waals surface area contributed by atoms with Crippen LogP contribution in [0.3, 0.4) is 0 Å². The van der Waals surface area contributed by atoms with Crippen LogP contribution in [0.15, 0.2) is 47.4 Å². The quantitative estimate of drug-likeness (QED) is 0.512. The molecule has 0 radical (unpaired) electrons. The summed E-state index contributed by atoms with van der Waals surface area (Å²) in [4.78, 5) is 14.8. The second-order valence-corrected chi connectivity index (χ2v) is 8.77. The van der Waals surface area contributed by atoms with Gasteiger partial charge >= 0.3 is 5.97 Å². The van der Waals surface area contributed by atoms with Crippen molar-refractivity contribution in [2.45, 2.75) is 11.8 Å². The Balaban J connectivity index is 1.83. The van der Waals surface area contributed by atoms with E-state index in [2.05, 4.69) is 4.90 Å². The number of carbonyl (C=O) groups excluding carboxylic acids is 1. The van der Waals surface area contributed by atoms with Gasteiger partial charge in [-0.15, -0.1) is 0 Å². The van der Waals surface area contributed by atoms with Crippen molar-refractivity contribution in [1.29, 1.82) is 5.26 Å². The van der Waals surface area contributed by atoms with Crippen LogP contribution >= 0.6 is 0 Å². The molecule has 0 bridgehead atoms. The number of piperazine rings is 1. The zero-order chi connectivity index (χ0) is 21.7. The number of nitrogens with zero attached hydrogens (tertiary/aromatic N) is 3. The van der Waals surface area contributed by atoms with E-state index >= 15 is 0 Å². The van der Waals surface area contributed by atoms with E-state index < -0.39 is 16.0 Å². The molecule has 0 spiro atoms. The Hall–Kier alpha value is -2.93. The minimum Gasteiger partial charge on any atom is -0.490 e. The number of nitriles is 1. The van der Waals surface area contributed by atoms with Gasteiger partial charge in [-0.3, -0.25) is 0 Å². The number of benzene rings is 2. The van der Waals surface area contributed by atoms with E-state index in [9.17, 15) is 13.2 Å². The van der Waals surface area contributed by atoms with Gasteiger partial charge in [-0.2, -0.15) is 9.57 Å². The van der Waals surface area contributed by atoms with Crippen molar-refractivity contribution in [2.24, 2.45) is 0 Å². The highest BCUT2D eigenvalue weighted by Crippen LogP contribution is 2.29. The van der Waals surface area contributed by atoms with Crippen molar-refractivity contribution in [3.8, 4) is 17.6 Å². The van der Waals surface area contributed by atoms with Crippen LogP contribution in [-0.4, -0.2) is 63.4 Å². The van der Waals surface area contributed by atoms with Gasteiger partial charge in [-0.05, 0) is 44.3 Å². The lowest BCUT2D eigenvalue weighted by Crippen LogP contribution is -2.47. The fourth-order valence-electron chi connectivity index (χ4n) is 3.05. The largest absolute Gasteiger partial charge is 0.490 e. The summed E-state index contributed by atoms with van der Waals surface area (Å²) in [6, 6.07) is 12.3. The molecule has 2 aromatic carbocycles. The molecule has 0 amide bonds. The molecule has 0 saturated carbocycles. The Morgan fingerprint density at radius 2 is 1.83 bits per heavy atom. The van der Waals surface area contributed by atoms with Gasteiger partial charge in [0.25, 0.3) is 0 Å². The van der Waals surface area contributed by atoms with E-state index in [4.69, 9.17) is 14.7 Å². The molecule has 1 aliphatic rings. The molecule has 30 heavy (non-hydrogen) atoms. The zero-order valence-corrected chi connectivity index (χ0v) is 17.7. The van der Waals surface area contributed by atoms with Crippen molar-refractivity contribution < 1.29 is 22.7 Å². The Morgan fingerprint density at radius 1 is 1.10 bits per heavy atom. The summed E-state index contributed by atoms with van der Waals surface area (Å²) in [7, 11) is -1.76. The van der Waals surface area contributed by atoms with Crippen LogP contribution in [0.4, 0.5) is 0 Å². The van der Waals surface area contributed by atoms with E-state index in [-0.39, 0.29) is 22.0 Å². The van der Waals surface area contributed by atoms with Crippen molar-refractivity contribution in [1.82, 2.24) is 9.21 Å². The molecule has 1 fully saturated rings. The molecular weight excluding hydrogens is 406 g/mol. The Kier molecular flexibility index (Phi) is 6.72. The average Bonchev–Trinajstić information content (AvgIpc) is 2.75. The van der Waals surface area contributed by atoms with Gasteiger partial charge in [0.1, 0.15) is 0 Å². The first-order valence-corrected chi connectivity index (χ1v) is 11.0. The van der Waals surface area contributed by atoms with E-state index in [1.54, 1.807) is 6.92 Å². The third kappa shape index (κ3) is 4.79. The molecule has 0 atom stereocenters. The fraction of sp³-hybridized carbons (Fsp3) is 0.333. The lowest BCUT2D eigenvalue weighted by atomic mass is 10.2. The molecule has 1 saturated heterocycles. The Morgan fingerprint density at radius 3 is 2.50 bits per heavy atom. The number of likely N-dealkylation sites (N-methyl/N-ethyl adjacent to an activating group) is 1. The average molecular weight is 429 g/mol. The topological polar surface area (TPSA) is 99.9 Å². The number of hydrogen-bond acceptors (Lipinski definition) is 7. The van der Waals surface area contributed by atoms with E-state index in [0.29, 0.717) is 38.3 Å². The SMILES string of the molecule is CCOc1cc(C#N)ccc1OC(=O)c1cccc(S(=O)(=O)N2CCN(C)CC2)c1. The third-order valence-electron chi connectivity index (χ3n) is 4.75. The summed E-state index contributed by atoms with van der Waals surface area (Å²) in [6.07, 6.45) is 0. The standard InChI is InChI=1S/C21H23N3O5S/c1-3-28-20-13-16(15-22)7-8-19(20)29-21(25)17-5-4-6-18(14-17)30(26,27)24-11-9-23(2)10-12-24/h4-8,13-14H,3,9-12H2,1-2H3. The summed E-state index contributed by atoms with van der Waals surface area (Å²) >= 11 is 0. The van der Waals surface area contributed by atoms with Crippen LogP contribution in [0.5, 0.6) is 11.5 Å². The number of sulfonamides is 1. The third-order valence-corrected chi connectivity index (χ3v) is 6.64. The van der Waals surface area contributed by atoms with Gasteiger partial charge in [-0.1, -0.05) is 6.07 Å². The number of esters is 1. The smallest absolute Gasteiger partial charge is 0.343 e. The molecule has 3 rings (SSSR count). The molecule has 8 nitrogen and oxygen atoms in total. The summed E-state index contributed by atoms with van der Waals surface area (Å²) in [5.41, 5.74) is 0.482. The van der Waals surface area contributed by atoms with Crippen LogP contribution < -0.4 is 9.47 Å². The maximum Gasteiger partial charge on any atom is 0.343 e. The Labute approximate surface area is 176 Å². The highest BCUT2D eigenvalue weighted by molar-refractivity contribution is 7.89. The maximum absolute atomic E-state index is 12.9. The van der Waals surface area contributed by atoms with Crippen molar-refractivity contribution in [3.63, 3.8) is 0 Å². The van der Waals surface area contributed by atoms with E-state index in [0.717, 1.165) is 0 Å².